The number of hydrogen-bond donors (Lipinski definition) is 2. The fourth-order valence-electron chi connectivity index (χ4n) is 5.29. The number of aliphatic hydroxyl groups excluding tert-OH is 1. The van der Waals surface area contributed by atoms with Crippen LogP contribution in [-0.4, -0.2) is 72.6 Å². The molecule has 0 bridgehead atoms. The van der Waals surface area contributed by atoms with E-state index in [0.717, 1.165) is 44.5 Å². The highest BCUT2D eigenvalue weighted by Gasteiger charge is 2.26. The van der Waals surface area contributed by atoms with Crippen LogP contribution in [0.15, 0.2) is 84.9 Å². The summed E-state index contributed by atoms with van der Waals surface area (Å²) in [4.78, 5) is 29.4. The molecule has 3 aromatic rings. The van der Waals surface area contributed by atoms with Gasteiger partial charge in [-0.05, 0) is 54.6 Å². The molecule has 3 aromatic carbocycles. The van der Waals surface area contributed by atoms with Gasteiger partial charge in [0.1, 0.15) is 0 Å². The fraction of sp³-hybridized carbons (Fsp3) is 0.375. The number of likely N-dealkylation sites (tertiary alicyclic amines) is 1. The van der Waals surface area contributed by atoms with Gasteiger partial charge in [-0.1, -0.05) is 72.8 Å². The van der Waals surface area contributed by atoms with Crippen LogP contribution in [-0.2, 0) is 11.2 Å². The number of aliphatic hydroxyl groups is 1. The first kappa shape index (κ1) is 27.6. The minimum Gasteiger partial charge on any atom is -0.395 e. The van der Waals surface area contributed by atoms with Gasteiger partial charge in [-0.2, -0.15) is 0 Å². The Labute approximate surface area is 226 Å². The Morgan fingerprint density at radius 2 is 1.50 bits per heavy atom. The summed E-state index contributed by atoms with van der Waals surface area (Å²) in [6.45, 7) is 3.17. The van der Waals surface area contributed by atoms with Gasteiger partial charge in [-0.25, -0.2) is 0 Å². The smallest absolute Gasteiger partial charge is 0.251 e. The topological polar surface area (TPSA) is 72.9 Å². The molecule has 200 valence electrons. The van der Waals surface area contributed by atoms with Crippen molar-refractivity contribution in [3.63, 3.8) is 0 Å². The van der Waals surface area contributed by atoms with Gasteiger partial charge >= 0.3 is 0 Å². The van der Waals surface area contributed by atoms with Crippen LogP contribution in [0.3, 0.4) is 0 Å². The van der Waals surface area contributed by atoms with E-state index in [4.69, 9.17) is 5.11 Å². The second-order valence-electron chi connectivity index (χ2n) is 10.1. The van der Waals surface area contributed by atoms with Crippen LogP contribution in [0.2, 0.25) is 0 Å². The Bertz CT molecular complexity index is 1100. The number of benzene rings is 3. The normalized spacial score (nSPS) is 14.4. The van der Waals surface area contributed by atoms with E-state index in [1.165, 1.54) is 11.1 Å². The van der Waals surface area contributed by atoms with Gasteiger partial charge in [-0.15, -0.1) is 0 Å². The first-order valence-electron chi connectivity index (χ1n) is 13.6. The molecule has 4 rings (SSSR count). The number of hydrogen-bond acceptors (Lipinski definition) is 4. The molecule has 1 saturated heterocycles. The first-order chi connectivity index (χ1) is 18.5. The number of piperidine rings is 1. The van der Waals surface area contributed by atoms with Crippen LogP contribution in [0.1, 0.15) is 52.2 Å². The van der Waals surface area contributed by atoms with Crippen LogP contribution in [0.5, 0.6) is 0 Å². The van der Waals surface area contributed by atoms with Gasteiger partial charge in [0.2, 0.25) is 5.91 Å². The van der Waals surface area contributed by atoms with Crippen LogP contribution in [0.4, 0.5) is 0 Å². The van der Waals surface area contributed by atoms with Crippen molar-refractivity contribution in [3.05, 3.63) is 107 Å². The quantitative estimate of drug-likeness (QED) is 0.405. The maximum atomic E-state index is 13.0. The molecule has 2 N–H and O–H groups in total. The highest BCUT2D eigenvalue weighted by Crippen LogP contribution is 2.29. The summed E-state index contributed by atoms with van der Waals surface area (Å²) in [6.07, 6.45) is 3.35. The molecule has 1 aliphatic heterocycles. The molecular weight excluding hydrogens is 474 g/mol. The maximum absolute atomic E-state index is 13.0. The van der Waals surface area contributed by atoms with Crippen LogP contribution < -0.4 is 5.32 Å². The second-order valence-corrected chi connectivity index (χ2v) is 10.1. The lowest BCUT2D eigenvalue weighted by Crippen LogP contribution is -2.46. The fourth-order valence-corrected chi connectivity index (χ4v) is 5.29. The number of amides is 2. The Morgan fingerprint density at radius 3 is 2.05 bits per heavy atom. The third kappa shape index (κ3) is 7.53. The van der Waals surface area contributed by atoms with Gasteiger partial charge in [-0.3, -0.25) is 9.59 Å². The number of nitrogens with zero attached hydrogens (tertiary/aromatic N) is 2. The Kier molecular flexibility index (Phi) is 10.1. The van der Waals surface area contributed by atoms with Crippen LogP contribution in [0, 0.1) is 0 Å². The molecule has 0 unspecified atom stereocenters. The zero-order valence-electron chi connectivity index (χ0n) is 22.3. The lowest BCUT2D eigenvalue weighted by Gasteiger charge is -2.37. The zero-order chi connectivity index (χ0) is 26.7. The summed E-state index contributed by atoms with van der Waals surface area (Å²) in [5.74, 6) is 0.264. The minimum atomic E-state index is -0.223. The monoisotopic (exact) mass is 513 g/mol. The molecule has 0 radical (unpaired) electrons. The predicted octanol–water partition coefficient (Wildman–Crippen LogP) is 4.10. The number of carbonyl (C=O) groups excluding carboxylic acids is 2. The summed E-state index contributed by atoms with van der Waals surface area (Å²) in [5, 5.41) is 11.5. The van der Waals surface area contributed by atoms with E-state index < -0.39 is 0 Å². The van der Waals surface area contributed by atoms with E-state index in [2.05, 4.69) is 70.9 Å². The summed E-state index contributed by atoms with van der Waals surface area (Å²) in [7, 11) is 1.92. The van der Waals surface area contributed by atoms with Gasteiger partial charge in [0.15, 0.2) is 0 Å². The minimum absolute atomic E-state index is 0.0918. The van der Waals surface area contributed by atoms with Crippen LogP contribution >= 0.6 is 0 Å². The molecule has 2 amide bonds. The highest BCUT2D eigenvalue weighted by molar-refractivity contribution is 5.94. The third-order valence-corrected chi connectivity index (χ3v) is 7.60. The van der Waals surface area contributed by atoms with Crippen molar-refractivity contribution in [2.75, 3.05) is 39.8 Å². The molecule has 1 heterocycles. The molecule has 1 fully saturated rings. The van der Waals surface area contributed by atoms with Crippen molar-refractivity contribution >= 4 is 11.8 Å². The molecule has 6 heteroatoms. The standard InChI is InChI=1S/C32H39N3O3/c1-34(31(37)24-25-12-14-28(15-13-25)32(38)33-19-23-36)29-16-20-35(21-17-29)22-18-30(26-8-4-2-5-9-26)27-10-6-3-7-11-27/h2-15,29-30,36H,16-24H2,1H3,(H,33,38). The van der Waals surface area contributed by atoms with Gasteiger partial charge in [0.05, 0.1) is 13.0 Å². The third-order valence-electron chi connectivity index (χ3n) is 7.60. The molecule has 0 spiro atoms. The van der Waals surface area contributed by atoms with E-state index in [-0.39, 0.29) is 31.0 Å². The molecule has 1 aliphatic rings. The van der Waals surface area contributed by atoms with E-state index >= 15 is 0 Å². The average molecular weight is 514 g/mol. The van der Waals surface area contributed by atoms with E-state index in [1.807, 2.05) is 24.1 Å². The number of carbonyl (C=O) groups is 2. The summed E-state index contributed by atoms with van der Waals surface area (Å²) >= 11 is 0. The number of nitrogens with one attached hydrogen (secondary N) is 1. The maximum Gasteiger partial charge on any atom is 0.251 e. The molecule has 0 aliphatic carbocycles. The average Bonchev–Trinajstić information content (AvgIpc) is 2.97. The van der Waals surface area contributed by atoms with Crippen molar-refractivity contribution in [2.45, 2.75) is 37.6 Å². The largest absolute Gasteiger partial charge is 0.395 e. The summed E-state index contributed by atoms with van der Waals surface area (Å²) < 4.78 is 0. The highest BCUT2D eigenvalue weighted by atomic mass is 16.3. The molecule has 6 nitrogen and oxygen atoms in total. The van der Waals surface area contributed by atoms with Crippen molar-refractivity contribution in [1.82, 2.24) is 15.1 Å². The van der Waals surface area contributed by atoms with E-state index in [9.17, 15) is 9.59 Å². The lowest BCUT2D eigenvalue weighted by molar-refractivity contribution is -0.132. The lowest BCUT2D eigenvalue weighted by atomic mass is 9.88. The van der Waals surface area contributed by atoms with Gasteiger partial charge < -0.3 is 20.2 Å². The van der Waals surface area contributed by atoms with Gasteiger partial charge in [0.25, 0.3) is 5.91 Å². The first-order valence-corrected chi connectivity index (χ1v) is 13.6. The zero-order valence-corrected chi connectivity index (χ0v) is 22.3. The SMILES string of the molecule is CN(C(=O)Cc1ccc(C(=O)NCCO)cc1)C1CCN(CCC(c2ccccc2)c2ccccc2)CC1. The number of rotatable bonds is 11. The Morgan fingerprint density at radius 1 is 0.921 bits per heavy atom. The second kappa shape index (κ2) is 13.9. The summed E-state index contributed by atoms with van der Waals surface area (Å²) in [6, 6.07) is 28.9. The van der Waals surface area contributed by atoms with Gasteiger partial charge in [0, 0.05) is 44.2 Å². The predicted molar refractivity (Wildman–Crippen MR) is 151 cm³/mol. The van der Waals surface area contributed by atoms with Crippen LogP contribution in [0.25, 0.3) is 0 Å². The molecule has 0 aromatic heterocycles. The van der Waals surface area contributed by atoms with E-state index in [0.29, 0.717) is 17.9 Å². The van der Waals surface area contributed by atoms with E-state index in [1.54, 1.807) is 12.1 Å². The van der Waals surface area contributed by atoms with Crippen molar-refractivity contribution in [3.8, 4) is 0 Å². The Hall–Kier alpha value is -3.48. The van der Waals surface area contributed by atoms with Crippen molar-refractivity contribution in [2.24, 2.45) is 0 Å². The molecule has 38 heavy (non-hydrogen) atoms. The van der Waals surface area contributed by atoms with Crippen molar-refractivity contribution < 1.29 is 14.7 Å². The molecular formula is C32H39N3O3. The summed E-state index contributed by atoms with van der Waals surface area (Å²) in [5.41, 5.74) is 4.14. The molecule has 0 saturated carbocycles. The number of likely N-dealkylation sites (N-methyl/N-ethyl adjacent to an activating group) is 1. The van der Waals surface area contributed by atoms with Crippen molar-refractivity contribution in [1.29, 1.82) is 0 Å². The Balaban J connectivity index is 1.25. The molecule has 0 atom stereocenters.